The second-order valence-electron chi connectivity index (χ2n) is 6.26. The molecule has 1 nitrogen and oxygen atoms in total. The van der Waals surface area contributed by atoms with E-state index in [0.29, 0.717) is 5.75 Å². The molecule has 0 saturated heterocycles. The van der Waals surface area contributed by atoms with Gasteiger partial charge in [0.1, 0.15) is 5.75 Å². The molecular formula is C26H24FeO+2. The largest absolute Gasteiger partial charge is 2.00 e. The Morgan fingerprint density at radius 1 is 0.679 bits per heavy atom. The average Bonchev–Trinajstić information content (AvgIpc) is 3.44. The first kappa shape index (κ1) is 22.8. The molecule has 0 aromatic heterocycles. The van der Waals surface area contributed by atoms with Gasteiger partial charge >= 0.3 is 17.1 Å². The van der Waals surface area contributed by atoms with Crippen molar-refractivity contribution in [1.29, 1.82) is 0 Å². The minimum Gasteiger partial charge on any atom is -0.508 e. The monoisotopic (exact) mass is 408 g/mol. The molecule has 0 aliphatic heterocycles. The molecule has 0 heterocycles. The van der Waals surface area contributed by atoms with Gasteiger partial charge in [-0.2, -0.15) is 0 Å². The van der Waals surface area contributed by atoms with Crippen molar-refractivity contribution >= 4 is 11.1 Å². The third-order valence-electron chi connectivity index (χ3n) is 4.44. The zero-order valence-electron chi connectivity index (χ0n) is 15.9. The molecule has 2 heteroatoms. The Morgan fingerprint density at radius 3 is 1.71 bits per heavy atom. The van der Waals surface area contributed by atoms with Gasteiger partial charge < -0.3 is 5.11 Å². The summed E-state index contributed by atoms with van der Waals surface area (Å²) >= 11 is 0. The average molecular weight is 408 g/mol. The first-order valence-corrected chi connectivity index (χ1v) is 9.26. The van der Waals surface area contributed by atoms with Crippen LogP contribution in [0.25, 0.3) is 11.1 Å². The van der Waals surface area contributed by atoms with Crippen LogP contribution in [-0.4, -0.2) is 5.11 Å². The fourth-order valence-electron chi connectivity index (χ4n) is 3.17. The molecule has 0 unspecified atom stereocenters. The molecule has 4 rings (SSSR count). The van der Waals surface area contributed by atoms with Crippen molar-refractivity contribution in [3.8, 4) is 5.75 Å². The maximum Gasteiger partial charge on any atom is 2.00 e. The smallest absolute Gasteiger partial charge is 0.508 e. The topological polar surface area (TPSA) is 20.2 Å². The van der Waals surface area contributed by atoms with Gasteiger partial charge in [0.2, 0.25) is 0 Å². The van der Waals surface area contributed by atoms with Crippen LogP contribution in [0.15, 0.2) is 54.6 Å². The van der Waals surface area contributed by atoms with Crippen LogP contribution in [0, 0.1) is 63.7 Å². The second kappa shape index (κ2) is 12.1. The van der Waals surface area contributed by atoms with E-state index >= 15 is 0 Å². The van der Waals surface area contributed by atoms with Crippen LogP contribution in [0.1, 0.15) is 24.5 Å². The van der Waals surface area contributed by atoms with Gasteiger partial charge in [-0.3, -0.25) is 0 Å². The molecule has 2 fully saturated rings. The van der Waals surface area contributed by atoms with Crippen molar-refractivity contribution in [3.63, 3.8) is 0 Å². The van der Waals surface area contributed by atoms with Gasteiger partial charge in [-0.1, -0.05) is 49.4 Å². The zero-order valence-corrected chi connectivity index (χ0v) is 17.0. The summed E-state index contributed by atoms with van der Waals surface area (Å²) in [6.07, 6.45) is 19.4. The molecular weight excluding hydrogens is 384 g/mol. The van der Waals surface area contributed by atoms with Gasteiger partial charge in [0, 0.05) is 5.92 Å². The molecule has 0 atom stereocenters. The number of benzene rings is 2. The summed E-state index contributed by atoms with van der Waals surface area (Å²) in [6.45, 7) is 2.17. The fourth-order valence-corrected chi connectivity index (χ4v) is 3.17. The Morgan fingerprint density at radius 2 is 1.21 bits per heavy atom. The number of aromatic hydroxyl groups is 1. The van der Waals surface area contributed by atoms with E-state index in [9.17, 15) is 5.11 Å². The molecule has 140 valence electrons. The van der Waals surface area contributed by atoms with Crippen molar-refractivity contribution in [3.05, 3.63) is 129 Å². The first-order valence-electron chi connectivity index (χ1n) is 9.26. The van der Waals surface area contributed by atoms with Gasteiger partial charge in [-0.25, -0.2) is 0 Å². The van der Waals surface area contributed by atoms with E-state index in [1.54, 1.807) is 12.1 Å². The number of phenolic OH excluding ortho intramolecular Hbond substituents is 1. The van der Waals surface area contributed by atoms with Crippen molar-refractivity contribution in [1.82, 2.24) is 0 Å². The van der Waals surface area contributed by atoms with Crippen LogP contribution >= 0.6 is 0 Å². The van der Waals surface area contributed by atoms with E-state index < -0.39 is 0 Å². The van der Waals surface area contributed by atoms with Crippen LogP contribution in [0.5, 0.6) is 5.75 Å². The molecule has 2 aromatic carbocycles. The van der Waals surface area contributed by atoms with E-state index in [4.69, 9.17) is 0 Å². The van der Waals surface area contributed by atoms with E-state index in [1.807, 2.05) is 50.3 Å². The summed E-state index contributed by atoms with van der Waals surface area (Å²) in [7, 11) is 0. The standard InChI is InChI=1S/C21H19O.C5H5.Fe/c1-2-20(16-12-14-19(22)15-13-16)21(18-10-6-7-11-18)17-8-4-3-5-9-17;1-2-4-5-3-1;/h3-15,22H,2H2,1H3;1-5H;/q;;+2/b21-20-;;. The minimum atomic E-state index is 0. The molecule has 0 amide bonds. The normalized spacial score (nSPS) is 17.3. The predicted molar refractivity (Wildman–Crippen MR) is 114 cm³/mol. The molecule has 0 spiro atoms. The van der Waals surface area contributed by atoms with E-state index in [0.717, 1.165) is 12.0 Å². The van der Waals surface area contributed by atoms with Gasteiger partial charge in [0.25, 0.3) is 0 Å². The predicted octanol–water partition coefficient (Wildman–Crippen LogP) is 6.14. The SMILES string of the molecule is CC/C(=C(/[C]1[CH][CH][CH][CH]1)c1ccccc1)c1ccc(O)cc1.[CH]1[CH][CH][CH][CH]1.[Fe+2]. The maximum atomic E-state index is 9.53. The maximum absolute atomic E-state index is 9.53. The minimum absolute atomic E-state index is 0. The van der Waals surface area contributed by atoms with Gasteiger partial charge in [0.15, 0.2) is 0 Å². The molecule has 2 saturated carbocycles. The zero-order chi connectivity index (χ0) is 18.9. The van der Waals surface area contributed by atoms with E-state index in [2.05, 4.69) is 56.9 Å². The van der Waals surface area contributed by atoms with Crippen molar-refractivity contribution in [2.45, 2.75) is 13.3 Å². The summed E-state index contributed by atoms with van der Waals surface area (Å²) in [5.41, 5.74) is 4.93. The summed E-state index contributed by atoms with van der Waals surface area (Å²) in [4.78, 5) is 0. The number of rotatable bonds is 4. The molecule has 28 heavy (non-hydrogen) atoms. The summed E-state index contributed by atoms with van der Waals surface area (Å²) in [5.74, 6) is 1.53. The Bertz CT molecular complexity index is 700. The van der Waals surface area contributed by atoms with Gasteiger partial charge in [-0.15, -0.1) is 0 Å². The fraction of sp³-hybridized carbons (Fsp3) is 0.0769. The van der Waals surface area contributed by atoms with E-state index in [-0.39, 0.29) is 17.1 Å². The number of allylic oxidation sites excluding steroid dienone is 2. The second-order valence-corrected chi connectivity index (χ2v) is 6.26. The number of hydrogen-bond donors (Lipinski definition) is 1. The molecule has 2 aliphatic rings. The molecule has 2 aromatic rings. The van der Waals surface area contributed by atoms with Gasteiger partial charge in [-0.05, 0) is 98.6 Å². The first-order chi connectivity index (χ1) is 13.3. The van der Waals surface area contributed by atoms with Crippen LogP contribution in [0.3, 0.4) is 0 Å². The Balaban J connectivity index is 0.000000408. The van der Waals surface area contributed by atoms with Crippen LogP contribution in [0.4, 0.5) is 0 Å². The molecule has 10 radical (unpaired) electrons. The third kappa shape index (κ3) is 6.26. The molecule has 0 bridgehead atoms. The van der Waals surface area contributed by atoms with Crippen LogP contribution in [0.2, 0.25) is 0 Å². The summed E-state index contributed by atoms with van der Waals surface area (Å²) in [6, 6.07) is 18.0. The van der Waals surface area contributed by atoms with Crippen LogP contribution < -0.4 is 0 Å². The Labute approximate surface area is 181 Å². The van der Waals surface area contributed by atoms with Crippen molar-refractivity contribution < 1.29 is 22.2 Å². The molecule has 1 N–H and O–H groups in total. The van der Waals surface area contributed by atoms with Crippen molar-refractivity contribution in [2.24, 2.45) is 0 Å². The quantitative estimate of drug-likeness (QED) is 0.476. The van der Waals surface area contributed by atoms with E-state index in [1.165, 1.54) is 22.6 Å². The van der Waals surface area contributed by atoms with Crippen LogP contribution in [-0.2, 0) is 17.1 Å². The third-order valence-corrected chi connectivity index (χ3v) is 4.44. The summed E-state index contributed by atoms with van der Waals surface area (Å²) < 4.78 is 0. The Hall–Kier alpha value is -1.50. The number of phenols is 1. The van der Waals surface area contributed by atoms with Crippen molar-refractivity contribution in [2.75, 3.05) is 0 Å². The summed E-state index contributed by atoms with van der Waals surface area (Å²) in [5, 5.41) is 9.53. The molecule has 2 aliphatic carbocycles. The Kier molecular flexibility index (Phi) is 9.88. The number of hydrogen-bond acceptors (Lipinski definition) is 1. The van der Waals surface area contributed by atoms with Gasteiger partial charge in [0.05, 0.1) is 0 Å².